The number of hydrogen-bond acceptors (Lipinski definition) is 3. The number of carbonyl (C=O) groups is 1. The van der Waals surface area contributed by atoms with Gasteiger partial charge in [0.2, 0.25) is 5.88 Å². The molecule has 0 bridgehead atoms. The Morgan fingerprint density at radius 1 is 1.27 bits per heavy atom. The van der Waals surface area contributed by atoms with Crippen LogP contribution in [-0.2, 0) is 0 Å². The van der Waals surface area contributed by atoms with E-state index in [1.165, 1.54) is 4.90 Å². The average molecular weight is 304 g/mol. The van der Waals surface area contributed by atoms with Crippen molar-refractivity contribution < 1.29 is 18.3 Å². The normalized spacial score (nSPS) is 14.6. The number of benzene rings is 1. The number of ether oxygens (including phenoxy) is 1. The summed E-state index contributed by atoms with van der Waals surface area (Å²) >= 11 is 0. The molecule has 0 saturated carbocycles. The number of amides is 1. The molecule has 0 radical (unpaired) electrons. The second-order valence-corrected chi connectivity index (χ2v) is 5.19. The van der Waals surface area contributed by atoms with E-state index in [-0.39, 0.29) is 11.7 Å². The van der Waals surface area contributed by atoms with Gasteiger partial charge in [0, 0.05) is 17.8 Å². The number of pyridine rings is 1. The minimum Gasteiger partial charge on any atom is -0.471 e. The molecule has 1 aliphatic heterocycles. The molecule has 0 spiro atoms. The number of aryl methyl sites for hydroxylation is 1. The van der Waals surface area contributed by atoms with E-state index in [0.29, 0.717) is 25.0 Å². The average Bonchev–Trinajstić information content (AvgIpc) is 2.42. The van der Waals surface area contributed by atoms with Crippen molar-refractivity contribution in [1.82, 2.24) is 9.88 Å². The molecule has 0 atom stereocenters. The highest BCUT2D eigenvalue weighted by Crippen LogP contribution is 2.20. The first-order valence-electron chi connectivity index (χ1n) is 6.87. The summed E-state index contributed by atoms with van der Waals surface area (Å²) in [6, 6.07) is 8.38. The summed E-state index contributed by atoms with van der Waals surface area (Å²) in [6.45, 7) is 2.57. The molecule has 1 fully saturated rings. The second-order valence-electron chi connectivity index (χ2n) is 5.19. The third-order valence-corrected chi connectivity index (χ3v) is 3.45. The van der Waals surface area contributed by atoms with Crippen molar-refractivity contribution in [2.24, 2.45) is 0 Å². The summed E-state index contributed by atoms with van der Waals surface area (Å²) in [5.41, 5.74) is 0.715. The number of aromatic nitrogens is 1. The second kappa shape index (κ2) is 5.71. The molecule has 1 saturated heterocycles. The van der Waals surface area contributed by atoms with Gasteiger partial charge in [0.05, 0.1) is 18.7 Å². The number of hydrogen-bond donors (Lipinski definition) is 0. The maximum atomic E-state index is 13.6. The summed E-state index contributed by atoms with van der Waals surface area (Å²) in [6.07, 6.45) is -0.165. The zero-order chi connectivity index (χ0) is 15.7. The Morgan fingerprint density at radius 2 is 2.05 bits per heavy atom. The van der Waals surface area contributed by atoms with E-state index in [1.807, 2.05) is 19.1 Å². The van der Waals surface area contributed by atoms with Crippen molar-refractivity contribution in [2.45, 2.75) is 13.0 Å². The topological polar surface area (TPSA) is 42.4 Å². The fourth-order valence-corrected chi connectivity index (χ4v) is 2.27. The zero-order valence-electron chi connectivity index (χ0n) is 11.9. The maximum absolute atomic E-state index is 13.6. The van der Waals surface area contributed by atoms with Gasteiger partial charge in [0.25, 0.3) is 5.91 Å². The van der Waals surface area contributed by atoms with Gasteiger partial charge >= 0.3 is 0 Å². The minimum atomic E-state index is -0.852. The molecular weight excluding hydrogens is 290 g/mol. The lowest BCUT2D eigenvalue weighted by molar-refractivity contribution is 0.0156. The summed E-state index contributed by atoms with van der Waals surface area (Å²) in [5.74, 6) is -1.52. The number of rotatable bonds is 3. The zero-order valence-corrected chi connectivity index (χ0v) is 11.9. The molecular formula is C16H14F2N2O2. The van der Waals surface area contributed by atoms with Crippen LogP contribution >= 0.6 is 0 Å². The van der Waals surface area contributed by atoms with E-state index >= 15 is 0 Å². The van der Waals surface area contributed by atoms with Crippen molar-refractivity contribution in [3.05, 3.63) is 59.3 Å². The van der Waals surface area contributed by atoms with Gasteiger partial charge in [0.1, 0.15) is 17.7 Å². The molecule has 2 aromatic rings. The lowest BCUT2D eigenvalue weighted by atomic mass is 10.1. The first-order chi connectivity index (χ1) is 10.5. The Hall–Kier alpha value is -2.50. The molecule has 3 rings (SSSR count). The molecule has 0 N–H and O–H groups in total. The Morgan fingerprint density at radius 3 is 2.73 bits per heavy atom. The third kappa shape index (κ3) is 2.90. The quantitative estimate of drug-likeness (QED) is 0.875. The van der Waals surface area contributed by atoms with E-state index < -0.39 is 17.5 Å². The number of nitrogens with zero attached hydrogens (tertiary/aromatic N) is 2. The van der Waals surface area contributed by atoms with E-state index in [9.17, 15) is 13.6 Å². The minimum absolute atomic E-state index is 0.131. The van der Waals surface area contributed by atoms with Crippen LogP contribution in [0.3, 0.4) is 0 Å². The van der Waals surface area contributed by atoms with Crippen molar-refractivity contribution in [3.63, 3.8) is 0 Å². The van der Waals surface area contributed by atoms with Gasteiger partial charge < -0.3 is 9.64 Å². The van der Waals surface area contributed by atoms with Crippen LogP contribution in [0, 0.1) is 18.6 Å². The van der Waals surface area contributed by atoms with Gasteiger partial charge in [-0.05, 0) is 25.1 Å². The number of halogens is 2. The summed E-state index contributed by atoms with van der Waals surface area (Å²) in [4.78, 5) is 17.8. The SMILES string of the molecule is Cc1cccc(OC2CN(C(=O)c3ccc(F)cc3F)C2)n1. The van der Waals surface area contributed by atoms with Crippen molar-refractivity contribution >= 4 is 5.91 Å². The van der Waals surface area contributed by atoms with E-state index in [2.05, 4.69) is 4.98 Å². The molecule has 4 nitrogen and oxygen atoms in total. The van der Waals surface area contributed by atoms with Crippen LogP contribution < -0.4 is 4.74 Å². The monoisotopic (exact) mass is 304 g/mol. The molecule has 0 aliphatic carbocycles. The molecule has 6 heteroatoms. The fourth-order valence-electron chi connectivity index (χ4n) is 2.27. The van der Waals surface area contributed by atoms with Crippen molar-refractivity contribution in [2.75, 3.05) is 13.1 Å². The van der Waals surface area contributed by atoms with Crippen LogP contribution in [0.15, 0.2) is 36.4 Å². The van der Waals surface area contributed by atoms with Gasteiger partial charge in [-0.3, -0.25) is 4.79 Å². The predicted octanol–water partition coefficient (Wildman–Crippen LogP) is 2.57. The molecule has 114 valence electrons. The van der Waals surface area contributed by atoms with Crippen LogP contribution in [0.1, 0.15) is 16.1 Å². The Bertz CT molecular complexity index is 715. The van der Waals surface area contributed by atoms with Crippen molar-refractivity contribution in [3.8, 4) is 5.88 Å². The number of carbonyl (C=O) groups excluding carboxylic acids is 1. The fraction of sp³-hybridized carbons (Fsp3) is 0.250. The van der Waals surface area contributed by atoms with Gasteiger partial charge in [-0.2, -0.15) is 0 Å². The van der Waals surface area contributed by atoms with Gasteiger partial charge in [0.15, 0.2) is 0 Å². The van der Waals surface area contributed by atoms with Crippen LogP contribution in [0.5, 0.6) is 5.88 Å². The molecule has 1 aromatic carbocycles. The molecule has 1 amide bonds. The van der Waals surface area contributed by atoms with Crippen LogP contribution in [-0.4, -0.2) is 35.0 Å². The summed E-state index contributed by atoms with van der Waals surface area (Å²) in [7, 11) is 0. The summed E-state index contributed by atoms with van der Waals surface area (Å²) in [5, 5.41) is 0. The molecule has 1 aromatic heterocycles. The van der Waals surface area contributed by atoms with E-state index in [0.717, 1.165) is 17.8 Å². The van der Waals surface area contributed by atoms with Crippen molar-refractivity contribution in [1.29, 1.82) is 0 Å². The highest BCUT2D eigenvalue weighted by molar-refractivity contribution is 5.95. The van der Waals surface area contributed by atoms with Crippen LogP contribution in [0.25, 0.3) is 0 Å². The predicted molar refractivity (Wildman–Crippen MR) is 75.7 cm³/mol. The molecule has 0 unspecified atom stereocenters. The maximum Gasteiger partial charge on any atom is 0.257 e. The highest BCUT2D eigenvalue weighted by Gasteiger charge is 2.34. The first kappa shape index (κ1) is 14.4. The largest absolute Gasteiger partial charge is 0.471 e. The highest BCUT2D eigenvalue weighted by atomic mass is 19.1. The smallest absolute Gasteiger partial charge is 0.257 e. The third-order valence-electron chi connectivity index (χ3n) is 3.45. The lowest BCUT2D eigenvalue weighted by Crippen LogP contribution is -2.56. The van der Waals surface area contributed by atoms with Gasteiger partial charge in [-0.15, -0.1) is 0 Å². The van der Waals surface area contributed by atoms with Gasteiger partial charge in [-0.1, -0.05) is 6.07 Å². The summed E-state index contributed by atoms with van der Waals surface area (Å²) < 4.78 is 32.1. The van der Waals surface area contributed by atoms with Gasteiger partial charge in [-0.25, -0.2) is 13.8 Å². The van der Waals surface area contributed by atoms with Crippen LogP contribution in [0.4, 0.5) is 8.78 Å². The lowest BCUT2D eigenvalue weighted by Gasteiger charge is -2.38. The molecule has 22 heavy (non-hydrogen) atoms. The molecule has 1 aliphatic rings. The molecule has 2 heterocycles. The number of likely N-dealkylation sites (tertiary alicyclic amines) is 1. The Balaban J connectivity index is 1.60. The van der Waals surface area contributed by atoms with E-state index in [4.69, 9.17) is 4.74 Å². The Labute approximate surface area is 126 Å². The standard InChI is InChI=1S/C16H14F2N2O2/c1-10-3-2-4-15(19-10)22-12-8-20(9-12)16(21)13-6-5-11(17)7-14(13)18/h2-7,12H,8-9H2,1H3. The van der Waals surface area contributed by atoms with E-state index in [1.54, 1.807) is 6.07 Å². The van der Waals surface area contributed by atoms with Crippen LogP contribution in [0.2, 0.25) is 0 Å². The first-order valence-corrected chi connectivity index (χ1v) is 6.87. The Kier molecular flexibility index (Phi) is 3.75.